The zero-order valence-electron chi connectivity index (χ0n) is 11.8. The Morgan fingerprint density at radius 1 is 1.24 bits per heavy atom. The quantitative estimate of drug-likeness (QED) is 0.811. The summed E-state index contributed by atoms with van der Waals surface area (Å²) in [7, 11) is 0. The van der Waals surface area contributed by atoms with Gasteiger partial charge in [0, 0.05) is 11.4 Å². The molecule has 0 radical (unpaired) electrons. The van der Waals surface area contributed by atoms with Crippen molar-refractivity contribution in [3.63, 3.8) is 0 Å². The van der Waals surface area contributed by atoms with Crippen LogP contribution in [0.5, 0.6) is 0 Å². The number of nitriles is 1. The van der Waals surface area contributed by atoms with Crippen LogP contribution in [0.25, 0.3) is 10.9 Å². The minimum Gasteiger partial charge on any atom is -0.321 e. The zero-order chi connectivity index (χ0) is 14.7. The van der Waals surface area contributed by atoms with Crippen LogP contribution in [-0.2, 0) is 0 Å². The van der Waals surface area contributed by atoms with E-state index in [0.717, 1.165) is 36.6 Å². The molecule has 3 rings (SSSR count). The van der Waals surface area contributed by atoms with Crippen molar-refractivity contribution in [1.82, 2.24) is 9.88 Å². The number of nitrogens with zero attached hydrogens (tertiary/aromatic N) is 3. The van der Waals surface area contributed by atoms with Crippen LogP contribution in [0.3, 0.4) is 0 Å². The number of hydrogen-bond acceptors (Lipinski definition) is 3. The van der Waals surface area contributed by atoms with Gasteiger partial charge in [-0.1, -0.05) is 37.1 Å². The SMILES string of the molecule is N#CCN(C(=O)c1ccc2ccccc2n1)C1CCCC1. The molecule has 0 aliphatic heterocycles. The van der Waals surface area contributed by atoms with E-state index in [9.17, 15) is 4.79 Å². The second-order valence-corrected chi connectivity index (χ2v) is 5.42. The lowest BCUT2D eigenvalue weighted by molar-refractivity contribution is 0.0704. The Kier molecular flexibility index (Phi) is 3.83. The van der Waals surface area contributed by atoms with Gasteiger partial charge in [0.15, 0.2) is 0 Å². The smallest absolute Gasteiger partial charge is 0.273 e. The number of benzene rings is 1. The largest absolute Gasteiger partial charge is 0.321 e. The summed E-state index contributed by atoms with van der Waals surface area (Å²) in [6.07, 6.45) is 4.23. The maximum Gasteiger partial charge on any atom is 0.273 e. The van der Waals surface area contributed by atoms with Gasteiger partial charge in [0.2, 0.25) is 0 Å². The minimum absolute atomic E-state index is 0.130. The Labute approximate surface area is 124 Å². The number of rotatable bonds is 3. The van der Waals surface area contributed by atoms with Crippen LogP contribution in [0.1, 0.15) is 36.2 Å². The molecule has 1 aromatic carbocycles. The molecule has 21 heavy (non-hydrogen) atoms. The Morgan fingerprint density at radius 2 is 2.00 bits per heavy atom. The fourth-order valence-corrected chi connectivity index (χ4v) is 2.99. The second kappa shape index (κ2) is 5.92. The Morgan fingerprint density at radius 3 is 2.76 bits per heavy atom. The molecular weight excluding hydrogens is 262 g/mol. The average Bonchev–Trinajstić information content (AvgIpc) is 3.05. The van der Waals surface area contributed by atoms with Gasteiger partial charge in [0.05, 0.1) is 11.6 Å². The van der Waals surface area contributed by atoms with E-state index in [4.69, 9.17) is 5.26 Å². The molecule has 0 saturated heterocycles. The molecular formula is C17H17N3O. The Balaban J connectivity index is 1.91. The number of carbonyl (C=O) groups is 1. The first-order chi connectivity index (χ1) is 10.3. The van der Waals surface area contributed by atoms with E-state index >= 15 is 0 Å². The van der Waals surface area contributed by atoms with Crippen molar-refractivity contribution in [2.75, 3.05) is 6.54 Å². The van der Waals surface area contributed by atoms with Gasteiger partial charge in [0.25, 0.3) is 5.91 Å². The summed E-state index contributed by atoms with van der Waals surface area (Å²) in [5.41, 5.74) is 1.24. The standard InChI is InChI=1S/C17H17N3O/c18-11-12-20(14-6-2-3-7-14)17(21)16-10-9-13-5-1-4-8-15(13)19-16/h1,4-5,8-10,14H,2-3,6-7,12H2. The maximum absolute atomic E-state index is 12.7. The molecule has 0 bridgehead atoms. The molecule has 0 atom stereocenters. The molecule has 4 nitrogen and oxygen atoms in total. The lowest BCUT2D eigenvalue weighted by Gasteiger charge is -2.26. The molecule has 4 heteroatoms. The number of hydrogen-bond donors (Lipinski definition) is 0. The van der Waals surface area contributed by atoms with Gasteiger partial charge in [0.1, 0.15) is 12.2 Å². The van der Waals surface area contributed by atoms with Crippen molar-refractivity contribution < 1.29 is 4.79 Å². The van der Waals surface area contributed by atoms with Gasteiger partial charge in [-0.2, -0.15) is 5.26 Å². The molecule has 1 amide bonds. The molecule has 106 valence electrons. The maximum atomic E-state index is 12.7. The molecule has 1 aromatic heterocycles. The first kappa shape index (κ1) is 13.6. The number of amides is 1. The van der Waals surface area contributed by atoms with E-state index in [1.54, 1.807) is 11.0 Å². The topological polar surface area (TPSA) is 57.0 Å². The van der Waals surface area contributed by atoms with E-state index in [-0.39, 0.29) is 18.5 Å². The summed E-state index contributed by atoms with van der Waals surface area (Å²) in [5.74, 6) is -0.130. The summed E-state index contributed by atoms with van der Waals surface area (Å²) in [4.78, 5) is 18.8. The zero-order valence-corrected chi connectivity index (χ0v) is 11.8. The van der Waals surface area contributed by atoms with Gasteiger partial charge in [-0.15, -0.1) is 0 Å². The van der Waals surface area contributed by atoms with Crippen LogP contribution in [0, 0.1) is 11.3 Å². The monoisotopic (exact) mass is 279 g/mol. The van der Waals surface area contributed by atoms with Gasteiger partial charge in [-0.25, -0.2) is 4.98 Å². The Bertz CT molecular complexity index is 698. The number of fused-ring (bicyclic) bond motifs is 1. The summed E-state index contributed by atoms with van der Waals surface area (Å²) < 4.78 is 0. The molecule has 0 unspecified atom stereocenters. The van der Waals surface area contributed by atoms with E-state index in [0.29, 0.717) is 5.69 Å². The molecule has 0 spiro atoms. The predicted octanol–water partition coefficient (Wildman–Crippen LogP) is 3.14. The number of pyridine rings is 1. The van der Waals surface area contributed by atoms with Gasteiger partial charge in [-0.05, 0) is 25.0 Å². The lowest BCUT2D eigenvalue weighted by atomic mass is 10.1. The minimum atomic E-state index is -0.130. The van der Waals surface area contributed by atoms with Crippen LogP contribution in [0.2, 0.25) is 0 Å². The van der Waals surface area contributed by atoms with E-state index in [1.165, 1.54) is 0 Å². The fourth-order valence-electron chi connectivity index (χ4n) is 2.99. The van der Waals surface area contributed by atoms with E-state index in [2.05, 4.69) is 11.1 Å². The van der Waals surface area contributed by atoms with Crippen LogP contribution in [0.15, 0.2) is 36.4 Å². The van der Waals surface area contributed by atoms with Crippen molar-refractivity contribution in [3.8, 4) is 6.07 Å². The summed E-state index contributed by atoms with van der Waals surface area (Å²) in [6.45, 7) is 0.137. The Hall–Kier alpha value is -2.41. The first-order valence-corrected chi connectivity index (χ1v) is 7.33. The highest BCUT2D eigenvalue weighted by Gasteiger charge is 2.27. The highest BCUT2D eigenvalue weighted by Crippen LogP contribution is 2.24. The van der Waals surface area contributed by atoms with E-state index < -0.39 is 0 Å². The molecule has 2 aromatic rings. The normalized spacial score (nSPS) is 15.0. The van der Waals surface area contributed by atoms with Gasteiger partial charge >= 0.3 is 0 Å². The fraction of sp³-hybridized carbons (Fsp3) is 0.353. The predicted molar refractivity (Wildman–Crippen MR) is 80.6 cm³/mol. The van der Waals surface area contributed by atoms with Crippen molar-refractivity contribution in [3.05, 3.63) is 42.1 Å². The summed E-state index contributed by atoms with van der Waals surface area (Å²) >= 11 is 0. The molecule has 1 fully saturated rings. The second-order valence-electron chi connectivity index (χ2n) is 5.42. The summed E-state index contributed by atoms with van der Waals surface area (Å²) in [5, 5.41) is 10.0. The third-order valence-corrected chi connectivity index (χ3v) is 4.08. The molecule has 0 N–H and O–H groups in total. The number of aromatic nitrogens is 1. The first-order valence-electron chi connectivity index (χ1n) is 7.33. The molecule has 1 saturated carbocycles. The van der Waals surface area contributed by atoms with Crippen LogP contribution >= 0.6 is 0 Å². The van der Waals surface area contributed by atoms with Crippen LogP contribution < -0.4 is 0 Å². The summed E-state index contributed by atoms with van der Waals surface area (Å²) in [6, 6.07) is 13.7. The third kappa shape index (κ3) is 2.73. The average molecular weight is 279 g/mol. The van der Waals surface area contributed by atoms with Crippen molar-refractivity contribution >= 4 is 16.8 Å². The lowest BCUT2D eigenvalue weighted by Crippen LogP contribution is -2.39. The highest BCUT2D eigenvalue weighted by molar-refractivity contribution is 5.95. The number of carbonyl (C=O) groups excluding carboxylic acids is 1. The van der Waals surface area contributed by atoms with Crippen molar-refractivity contribution in [1.29, 1.82) is 5.26 Å². The molecule has 1 aliphatic rings. The van der Waals surface area contributed by atoms with Crippen molar-refractivity contribution in [2.24, 2.45) is 0 Å². The van der Waals surface area contributed by atoms with Crippen LogP contribution in [-0.4, -0.2) is 28.4 Å². The molecule has 1 heterocycles. The third-order valence-electron chi connectivity index (χ3n) is 4.08. The van der Waals surface area contributed by atoms with Crippen molar-refractivity contribution in [2.45, 2.75) is 31.7 Å². The van der Waals surface area contributed by atoms with Gasteiger partial charge in [-0.3, -0.25) is 4.79 Å². The molecule has 1 aliphatic carbocycles. The number of para-hydroxylation sites is 1. The van der Waals surface area contributed by atoms with Crippen LogP contribution in [0.4, 0.5) is 0 Å². The van der Waals surface area contributed by atoms with E-state index in [1.807, 2.05) is 30.3 Å². The van der Waals surface area contributed by atoms with Gasteiger partial charge < -0.3 is 4.90 Å². The highest BCUT2D eigenvalue weighted by atomic mass is 16.2.